The van der Waals surface area contributed by atoms with Crippen molar-refractivity contribution in [3.63, 3.8) is 0 Å². The molecule has 110 valence electrons. The summed E-state index contributed by atoms with van der Waals surface area (Å²) in [5, 5.41) is 0. The largest absolute Gasteiger partial charge is 0.468 e. The lowest BCUT2D eigenvalue weighted by atomic mass is 9.77. The van der Waals surface area contributed by atoms with Gasteiger partial charge in [-0.2, -0.15) is 0 Å². The van der Waals surface area contributed by atoms with Crippen molar-refractivity contribution in [2.45, 2.75) is 64.0 Å². The van der Waals surface area contributed by atoms with E-state index in [1.54, 1.807) is 0 Å². The minimum Gasteiger partial charge on any atom is -0.468 e. The number of carbonyl (C=O) groups excluding carboxylic acids is 1. The molecule has 0 radical (unpaired) electrons. The van der Waals surface area contributed by atoms with Crippen LogP contribution < -0.4 is 5.73 Å². The molecule has 0 aromatic heterocycles. The minimum absolute atomic E-state index is 0.242. The lowest BCUT2D eigenvalue weighted by Crippen LogP contribution is -2.57. The molecule has 2 fully saturated rings. The number of rotatable bonds is 2. The van der Waals surface area contributed by atoms with Gasteiger partial charge >= 0.3 is 5.97 Å². The third kappa shape index (κ3) is 3.29. The van der Waals surface area contributed by atoms with Crippen LogP contribution in [0.5, 0.6) is 0 Å². The second kappa shape index (κ2) is 5.41. The summed E-state index contributed by atoms with van der Waals surface area (Å²) >= 11 is 0. The van der Waals surface area contributed by atoms with Crippen LogP contribution in [-0.4, -0.2) is 42.6 Å². The number of piperidine rings is 1. The highest BCUT2D eigenvalue weighted by Crippen LogP contribution is 2.35. The summed E-state index contributed by atoms with van der Waals surface area (Å²) in [5.74, 6) is -0.242. The molecular formula is C15H28N2O2. The maximum absolute atomic E-state index is 11.9. The van der Waals surface area contributed by atoms with E-state index in [0.717, 1.165) is 38.8 Å². The van der Waals surface area contributed by atoms with Gasteiger partial charge < -0.3 is 10.5 Å². The van der Waals surface area contributed by atoms with Gasteiger partial charge in [0.25, 0.3) is 0 Å². The SMILES string of the molecule is COC(=O)C1(N)CCCC(N2CCCC(C)(C)C2)C1. The molecule has 2 N–H and O–H groups in total. The highest BCUT2D eigenvalue weighted by atomic mass is 16.5. The molecule has 0 aromatic carbocycles. The summed E-state index contributed by atoms with van der Waals surface area (Å²) in [6.07, 6.45) is 6.22. The Morgan fingerprint density at radius 2 is 2.05 bits per heavy atom. The van der Waals surface area contributed by atoms with Crippen LogP contribution in [0.15, 0.2) is 0 Å². The maximum Gasteiger partial charge on any atom is 0.325 e. The number of esters is 1. The number of nitrogens with zero attached hydrogens (tertiary/aromatic N) is 1. The van der Waals surface area contributed by atoms with E-state index in [1.807, 2.05) is 0 Å². The first kappa shape index (κ1) is 14.8. The zero-order valence-corrected chi connectivity index (χ0v) is 12.6. The Kier molecular flexibility index (Phi) is 4.21. The standard InChI is InChI=1S/C15H28N2O2/c1-14(2)7-5-9-17(11-14)12-6-4-8-15(16,10-12)13(18)19-3/h12H,4-11,16H2,1-3H3. The van der Waals surface area contributed by atoms with Crippen LogP contribution in [-0.2, 0) is 9.53 Å². The van der Waals surface area contributed by atoms with Gasteiger partial charge in [0.1, 0.15) is 5.54 Å². The molecule has 4 nitrogen and oxygen atoms in total. The first-order chi connectivity index (χ1) is 8.86. The zero-order chi connectivity index (χ0) is 14.1. The van der Waals surface area contributed by atoms with Crippen LogP contribution in [0.25, 0.3) is 0 Å². The maximum atomic E-state index is 11.9. The summed E-state index contributed by atoms with van der Waals surface area (Å²) in [6, 6.07) is 0.442. The number of hydrogen-bond acceptors (Lipinski definition) is 4. The summed E-state index contributed by atoms with van der Waals surface area (Å²) in [6.45, 7) is 6.93. The average molecular weight is 268 g/mol. The lowest BCUT2D eigenvalue weighted by Gasteiger charge is -2.46. The molecule has 1 aliphatic carbocycles. The molecule has 1 saturated carbocycles. The number of likely N-dealkylation sites (tertiary alicyclic amines) is 1. The molecular weight excluding hydrogens is 240 g/mol. The van der Waals surface area contributed by atoms with Crippen molar-refractivity contribution in [1.29, 1.82) is 0 Å². The molecule has 4 heteroatoms. The van der Waals surface area contributed by atoms with Crippen molar-refractivity contribution in [1.82, 2.24) is 4.90 Å². The molecule has 1 saturated heterocycles. The molecule has 1 aliphatic heterocycles. The van der Waals surface area contributed by atoms with Crippen LogP contribution in [0, 0.1) is 5.41 Å². The highest BCUT2D eigenvalue weighted by Gasteiger charge is 2.43. The fraction of sp³-hybridized carbons (Fsp3) is 0.933. The number of carbonyl (C=O) groups is 1. The van der Waals surface area contributed by atoms with Gasteiger partial charge in [0, 0.05) is 12.6 Å². The van der Waals surface area contributed by atoms with Gasteiger partial charge in [0.05, 0.1) is 7.11 Å². The van der Waals surface area contributed by atoms with Crippen LogP contribution in [0.4, 0.5) is 0 Å². The van der Waals surface area contributed by atoms with Gasteiger partial charge in [-0.05, 0) is 50.5 Å². The van der Waals surface area contributed by atoms with Gasteiger partial charge in [-0.15, -0.1) is 0 Å². The molecule has 0 bridgehead atoms. The molecule has 0 aromatic rings. The predicted octanol–water partition coefficient (Wildman–Crippen LogP) is 1.92. The Morgan fingerprint density at radius 3 is 2.68 bits per heavy atom. The van der Waals surface area contributed by atoms with E-state index in [4.69, 9.17) is 10.5 Å². The molecule has 2 aliphatic rings. The Labute approximate surface area is 116 Å². The highest BCUT2D eigenvalue weighted by molar-refractivity contribution is 5.80. The van der Waals surface area contributed by atoms with Crippen molar-refractivity contribution in [3.8, 4) is 0 Å². The molecule has 0 amide bonds. The second-order valence-corrected chi connectivity index (χ2v) is 7.14. The normalized spacial score (nSPS) is 35.9. The van der Waals surface area contributed by atoms with E-state index >= 15 is 0 Å². The van der Waals surface area contributed by atoms with Gasteiger partial charge in [-0.25, -0.2) is 0 Å². The van der Waals surface area contributed by atoms with E-state index in [-0.39, 0.29) is 5.97 Å². The fourth-order valence-electron chi connectivity index (χ4n) is 3.76. The zero-order valence-electron chi connectivity index (χ0n) is 12.6. The second-order valence-electron chi connectivity index (χ2n) is 7.14. The predicted molar refractivity (Wildman–Crippen MR) is 75.8 cm³/mol. The average Bonchev–Trinajstić information content (AvgIpc) is 2.36. The molecule has 2 unspecified atom stereocenters. The molecule has 2 rings (SSSR count). The van der Waals surface area contributed by atoms with E-state index in [2.05, 4.69) is 18.7 Å². The first-order valence-corrected chi connectivity index (χ1v) is 7.48. The van der Waals surface area contributed by atoms with E-state index in [1.165, 1.54) is 20.0 Å². The fourth-order valence-corrected chi connectivity index (χ4v) is 3.76. The quantitative estimate of drug-likeness (QED) is 0.777. The summed E-state index contributed by atoms with van der Waals surface area (Å²) in [5.41, 5.74) is 5.90. The van der Waals surface area contributed by atoms with E-state index in [0.29, 0.717) is 11.5 Å². The Bertz CT molecular complexity index is 343. The van der Waals surface area contributed by atoms with Gasteiger partial charge in [-0.1, -0.05) is 13.8 Å². The third-order valence-corrected chi connectivity index (χ3v) is 4.80. The minimum atomic E-state index is -0.765. The van der Waals surface area contributed by atoms with Crippen molar-refractivity contribution < 1.29 is 9.53 Å². The topological polar surface area (TPSA) is 55.6 Å². The number of nitrogens with two attached hydrogens (primary N) is 1. The smallest absolute Gasteiger partial charge is 0.325 e. The Hall–Kier alpha value is -0.610. The number of hydrogen-bond donors (Lipinski definition) is 1. The molecule has 2 atom stereocenters. The van der Waals surface area contributed by atoms with Gasteiger partial charge in [-0.3, -0.25) is 9.69 Å². The number of ether oxygens (including phenoxy) is 1. The van der Waals surface area contributed by atoms with Crippen LogP contribution in [0.2, 0.25) is 0 Å². The molecule has 0 spiro atoms. The lowest BCUT2D eigenvalue weighted by molar-refractivity contribution is -0.149. The van der Waals surface area contributed by atoms with E-state index < -0.39 is 5.54 Å². The van der Waals surface area contributed by atoms with Crippen LogP contribution in [0.1, 0.15) is 52.4 Å². The van der Waals surface area contributed by atoms with Crippen molar-refractivity contribution >= 4 is 5.97 Å². The Balaban J connectivity index is 2.03. The third-order valence-electron chi connectivity index (χ3n) is 4.80. The monoisotopic (exact) mass is 268 g/mol. The van der Waals surface area contributed by atoms with Crippen molar-refractivity contribution in [2.75, 3.05) is 20.2 Å². The van der Waals surface area contributed by atoms with E-state index in [9.17, 15) is 4.79 Å². The molecule has 19 heavy (non-hydrogen) atoms. The van der Waals surface area contributed by atoms with Crippen LogP contribution in [0.3, 0.4) is 0 Å². The first-order valence-electron chi connectivity index (χ1n) is 7.48. The van der Waals surface area contributed by atoms with Gasteiger partial charge in [0.2, 0.25) is 0 Å². The summed E-state index contributed by atoms with van der Waals surface area (Å²) in [4.78, 5) is 14.4. The molecule has 1 heterocycles. The Morgan fingerprint density at radius 1 is 1.32 bits per heavy atom. The van der Waals surface area contributed by atoms with Crippen molar-refractivity contribution in [3.05, 3.63) is 0 Å². The summed E-state index contributed by atoms with van der Waals surface area (Å²) in [7, 11) is 1.44. The summed E-state index contributed by atoms with van der Waals surface area (Å²) < 4.78 is 4.89. The number of methoxy groups -OCH3 is 1. The van der Waals surface area contributed by atoms with Crippen LogP contribution >= 0.6 is 0 Å². The van der Waals surface area contributed by atoms with Gasteiger partial charge in [0.15, 0.2) is 0 Å². The van der Waals surface area contributed by atoms with Crippen molar-refractivity contribution in [2.24, 2.45) is 11.1 Å².